The molecule has 0 saturated carbocycles. The molecule has 0 radical (unpaired) electrons. The van der Waals surface area contributed by atoms with Crippen LogP contribution in [0.4, 0.5) is 4.79 Å². The van der Waals surface area contributed by atoms with Gasteiger partial charge in [0, 0.05) is 10.6 Å². The van der Waals surface area contributed by atoms with Gasteiger partial charge in [0.15, 0.2) is 5.78 Å². The molecule has 0 bridgehead atoms. The van der Waals surface area contributed by atoms with Gasteiger partial charge in [0.2, 0.25) is 0 Å². The molecule has 1 N–H and O–H groups in total. The number of phenolic OH excluding ortho intramolecular Hbond substituents is 1. The van der Waals surface area contributed by atoms with E-state index in [1.54, 1.807) is 42.5 Å². The van der Waals surface area contributed by atoms with Crippen LogP contribution in [0.1, 0.15) is 15.9 Å². The van der Waals surface area contributed by atoms with Gasteiger partial charge in [0.05, 0.1) is 11.4 Å². The second-order valence-electron chi connectivity index (χ2n) is 5.29. The average Bonchev–Trinajstić information content (AvgIpc) is 2.85. The molecular formula is C18H12ClNO4S. The van der Waals surface area contributed by atoms with Crippen molar-refractivity contribution in [2.45, 2.75) is 0 Å². The van der Waals surface area contributed by atoms with Gasteiger partial charge in [0.1, 0.15) is 5.75 Å². The van der Waals surface area contributed by atoms with Crippen LogP contribution in [0.3, 0.4) is 0 Å². The van der Waals surface area contributed by atoms with Crippen molar-refractivity contribution in [2.24, 2.45) is 0 Å². The normalized spacial score (nSPS) is 15.9. The van der Waals surface area contributed by atoms with Crippen LogP contribution >= 0.6 is 23.4 Å². The molecule has 1 heterocycles. The van der Waals surface area contributed by atoms with Gasteiger partial charge >= 0.3 is 0 Å². The number of rotatable bonds is 4. The lowest BCUT2D eigenvalue weighted by molar-refractivity contribution is -0.122. The second-order valence-corrected chi connectivity index (χ2v) is 6.72. The van der Waals surface area contributed by atoms with Crippen LogP contribution in [0.2, 0.25) is 5.02 Å². The van der Waals surface area contributed by atoms with Crippen molar-refractivity contribution >= 4 is 46.4 Å². The Morgan fingerprint density at radius 2 is 1.72 bits per heavy atom. The number of nitrogens with zero attached hydrogens (tertiary/aromatic N) is 1. The maximum absolute atomic E-state index is 12.4. The summed E-state index contributed by atoms with van der Waals surface area (Å²) in [7, 11) is 0. The highest BCUT2D eigenvalue weighted by Gasteiger charge is 2.36. The first-order chi connectivity index (χ1) is 11.9. The van der Waals surface area contributed by atoms with E-state index in [1.807, 2.05) is 0 Å². The van der Waals surface area contributed by atoms with E-state index in [-0.39, 0.29) is 23.0 Å². The third-order valence-corrected chi connectivity index (χ3v) is 4.69. The molecule has 0 unspecified atom stereocenters. The summed E-state index contributed by atoms with van der Waals surface area (Å²) in [6.07, 6.45) is 1.55. The summed E-state index contributed by atoms with van der Waals surface area (Å²) in [4.78, 5) is 37.9. The second kappa shape index (κ2) is 7.13. The Morgan fingerprint density at radius 3 is 2.36 bits per heavy atom. The highest BCUT2D eigenvalue weighted by Crippen LogP contribution is 2.32. The summed E-state index contributed by atoms with van der Waals surface area (Å²) < 4.78 is 0. The molecule has 3 rings (SSSR count). The zero-order valence-electron chi connectivity index (χ0n) is 12.8. The van der Waals surface area contributed by atoms with Crippen molar-refractivity contribution in [1.29, 1.82) is 0 Å². The number of amides is 2. The van der Waals surface area contributed by atoms with Crippen molar-refractivity contribution in [3.63, 3.8) is 0 Å². The molecule has 0 spiro atoms. The van der Waals surface area contributed by atoms with Crippen LogP contribution < -0.4 is 0 Å². The largest absolute Gasteiger partial charge is 0.508 e. The fourth-order valence-electron chi connectivity index (χ4n) is 2.23. The van der Waals surface area contributed by atoms with Crippen LogP contribution in [-0.4, -0.2) is 33.5 Å². The molecule has 1 saturated heterocycles. The van der Waals surface area contributed by atoms with E-state index in [4.69, 9.17) is 11.6 Å². The van der Waals surface area contributed by atoms with E-state index in [0.29, 0.717) is 16.1 Å². The van der Waals surface area contributed by atoms with Gasteiger partial charge in [0.25, 0.3) is 11.1 Å². The van der Waals surface area contributed by atoms with E-state index >= 15 is 0 Å². The van der Waals surface area contributed by atoms with Crippen LogP contribution in [0.5, 0.6) is 5.75 Å². The third-order valence-electron chi connectivity index (χ3n) is 3.53. The predicted molar refractivity (Wildman–Crippen MR) is 96.6 cm³/mol. The summed E-state index contributed by atoms with van der Waals surface area (Å²) in [6, 6.07) is 12.5. The average molecular weight is 374 g/mol. The first kappa shape index (κ1) is 17.3. The summed E-state index contributed by atoms with van der Waals surface area (Å²) in [5.41, 5.74) is 1.05. The van der Waals surface area contributed by atoms with Crippen LogP contribution in [0.15, 0.2) is 53.4 Å². The van der Waals surface area contributed by atoms with Crippen LogP contribution in [-0.2, 0) is 4.79 Å². The molecule has 2 amide bonds. The Labute approximate surface area is 152 Å². The molecule has 126 valence electrons. The highest BCUT2D eigenvalue weighted by atomic mass is 35.5. The molecule has 1 aliphatic rings. The van der Waals surface area contributed by atoms with Crippen molar-refractivity contribution in [1.82, 2.24) is 4.90 Å². The number of benzene rings is 2. The Bertz CT molecular complexity index is 875. The van der Waals surface area contributed by atoms with Crippen molar-refractivity contribution in [3.05, 3.63) is 69.6 Å². The number of carbonyl (C=O) groups is 3. The van der Waals surface area contributed by atoms with E-state index in [0.717, 1.165) is 16.7 Å². The molecular weight excluding hydrogens is 362 g/mol. The summed E-state index contributed by atoms with van der Waals surface area (Å²) in [5, 5.41) is 9.29. The maximum Gasteiger partial charge on any atom is 0.293 e. The zero-order valence-corrected chi connectivity index (χ0v) is 14.4. The molecule has 0 atom stereocenters. The fourth-order valence-corrected chi connectivity index (χ4v) is 3.19. The number of phenols is 1. The Balaban J connectivity index is 1.76. The first-order valence-electron chi connectivity index (χ1n) is 7.27. The summed E-state index contributed by atoms with van der Waals surface area (Å²) in [6.45, 7) is -0.320. The number of imide groups is 1. The number of aromatic hydroxyl groups is 1. The molecule has 1 aliphatic heterocycles. The smallest absolute Gasteiger partial charge is 0.293 e. The lowest BCUT2D eigenvalue weighted by Gasteiger charge is -2.11. The molecule has 5 nitrogen and oxygen atoms in total. The van der Waals surface area contributed by atoms with Gasteiger partial charge in [-0.25, -0.2) is 0 Å². The van der Waals surface area contributed by atoms with Gasteiger partial charge in [-0.15, -0.1) is 0 Å². The fraction of sp³-hybridized carbons (Fsp3) is 0.0556. The first-order valence-corrected chi connectivity index (χ1v) is 8.46. The van der Waals surface area contributed by atoms with E-state index in [1.165, 1.54) is 12.1 Å². The summed E-state index contributed by atoms with van der Waals surface area (Å²) >= 11 is 6.57. The van der Waals surface area contributed by atoms with E-state index in [9.17, 15) is 19.5 Å². The monoisotopic (exact) mass is 373 g/mol. The number of Topliss-reactive ketones (excluding diaryl/α,β-unsaturated/α-hetero) is 1. The Morgan fingerprint density at radius 1 is 1.08 bits per heavy atom. The lowest BCUT2D eigenvalue weighted by atomic mass is 10.1. The quantitative estimate of drug-likeness (QED) is 0.648. The topological polar surface area (TPSA) is 74.7 Å². The maximum atomic E-state index is 12.4. The standard InChI is InChI=1S/C18H12ClNO4S/c19-13-5-3-12(4-6-13)15(22)10-20-17(23)16(25-18(20)24)9-11-1-7-14(21)8-2-11/h1-9,21H,10H2/b16-9+. The number of thioether (sulfide) groups is 1. The van der Waals surface area contributed by atoms with Gasteiger partial charge in [-0.2, -0.15) is 0 Å². The molecule has 0 aromatic heterocycles. The van der Waals surface area contributed by atoms with Gasteiger partial charge < -0.3 is 5.11 Å². The number of ketones is 1. The van der Waals surface area contributed by atoms with E-state index in [2.05, 4.69) is 0 Å². The minimum atomic E-state index is -0.509. The highest BCUT2D eigenvalue weighted by molar-refractivity contribution is 8.18. The summed E-state index contributed by atoms with van der Waals surface area (Å²) in [5.74, 6) is -0.742. The SMILES string of the molecule is O=C(CN1C(=O)S/C(=C/c2ccc(O)cc2)C1=O)c1ccc(Cl)cc1. The van der Waals surface area contributed by atoms with Gasteiger partial charge in [-0.1, -0.05) is 23.7 Å². The molecule has 2 aromatic carbocycles. The minimum Gasteiger partial charge on any atom is -0.508 e. The van der Waals surface area contributed by atoms with Crippen LogP contribution in [0, 0.1) is 0 Å². The third kappa shape index (κ3) is 3.92. The van der Waals surface area contributed by atoms with E-state index < -0.39 is 11.1 Å². The Hall–Kier alpha value is -2.57. The lowest BCUT2D eigenvalue weighted by Crippen LogP contribution is -2.33. The number of halogens is 1. The molecule has 2 aromatic rings. The van der Waals surface area contributed by atoms with Crippen molar-refractivity contribution < 1.29 is 19.5 Å². The van der Waals surface area contributed by atoms with Crippen LogP contribution in [0.25, 0.3) is 6.08 Å². The minimum absolute atomic E-state index is 0.110. The van der Waals surface area contributed by atoms with Crippen molar-refractivity contribution in [2.75, 3.05) is 6.54 Å². The Kier molecular flexibility index (Phi) is 4.92. The van der Waals surface area contributed by atoms with Gasteiger partial charge in [-0.3, -0.25) is 19.3 Å². The van der Waals surface area contributed by atoms with Gasteiger partial charge in [-0.05, 0) is 59.8 Å². The number of hydrogen-bond acceptors (Lipinski definition) is 5. The molecule has 1 fully saturated rings. The number of carbonyl (C=O) groups excluding carboxylic acids is 3. The molecule has 7 heteroatoms. The molecule has 25 heavy (non-hydrogen) atoms. The predicted octanol–water partition coefficient (Wildman–Crippen LogP) is 3.96. The molecule has 0 aliphatic carbocycles. The van der Waals surface area contributed by atoms with Crippen molar-refractivity contribution in [3.8, 4) is 5.75 Å². The number of hydrogen-bond donors (Lipinski definition) is 1. The zero-order chi connectivity index (χ0) is 18.0.